The quantitative estimate of drug-likeness (QED) is 0.0549. The van der Waals surface area contributed by atoms with Crippen molar-refractivity contribution < 1.29 is 33.4 Å². The molecule has 0 fully saturated rings. The predicted molar refractivity (Wildman–Crippen MR) is 166 cm³/mol. The van der Waals surface area contributed by atoms with Gasteiger partial charge < -0.3 is 24.8 Å². The third-order valence-electron chi connectivity index (χ3n) is 6.26. The molecule has 1 aliphatic rings. The van der Waals surface area contributed by atoms with Crippen LogP contribution in [-0.2, 0) is 28.6 Å². The standard InChI is InChI=1S/C31H45ClN4O7/c1-20(19-21(2)24-16-17-25(41-7)29(39)43-24)11-8-9-13-26(37)35-27(31(4,5)6)28(38)34-18-10-12-23(15-14-22(3)32)42-30(40)36-33/h8-11,13-14,17-19,21,23-24,27H,12,15-16,33H2,1-7H3,(H,34,38)(H,35,37)(H,36,40)/b11-8-,13-9-,18-10-,20-19+,22-14+. The average molecular weight is 621 g/mol. The molecule has 1 aliphatic heterocycles. The summed E-state index contributed by atoms with van der Waals surface area (Å²) in [6.45, 7) is 11.1. The summed E-state index contributed by atoms with van der Waals surface area (Å²) in [6.07, 6.45) is 14.6. The number of carbonyl (C=O) groups excluding carboxylic acids is 4. The summed E-state index contributed by atoms with van der Waals surface area (Å²) in [7, 11) is 1.43. The maximum atomic E-state index is 12.9. The van der Waals surface area contributed by atoms with Gasteiger partial charge in [0.05, 0.1) is 7.11 Å². The molecule has 5 N–H and O–H groups in total. The number of hydrogen-bond acceptors (Lipinski definition) is 8. The van der Waals surface area contributed by atoms with E-state index < -0.39 is 41.4 Å². The molecular formula is C31H45ClN4O7. The van der Waals surface area contributed by atoms with Crippen LogP contribution in [0.25, 0.3) is 0 Å². The number of cyclic esters (lactones) is 1. The molecule has 238 valence electrons. The molecule has 0 saturated carbocycles. The van der Waals surface area contributed by atoms with Gasteiger partial charge in [0.2, 0.25) is 11.8 Å². The van der Waals surface area contributed by atoms with E-state index in [4.69, 9.17) is 31.7 Å². The average Bonchev–Trinajstić information content (AvgIpc) is 2.93. The second-order valence-electron chi connectivity index (χ2n) is 11.1. The largest absolute Gasteiger partial charge is 0.490 e. The SMILES string of the molecule is COC1=CCC(C(C)/C=C(C)/C=C\C=C/C(=O)NC(C(=O)N/C=C\CC(C/C=C(\C)Cl)OC(=O)NN)C(C)(C)C)OC1=O. The number of nitrogens with one attached hydrogen (secondary N) is 3. The van der Waals surface area contributed by atoms with Crippen molar-refractivity contribution in [2.24, 2.45) is 17.2 Å². The minimum Gasteiger partial charge on any atom is -0.490 e. The Morgan fingerprint density at radius 1 is 1.19 bits per heavy atom. The normalized spacial score (nSPS) is 18.6. The fourth-order valence-electron chi connectivity index (χ4n) is 3.95. The van der Waals surface area contributed by atoms with Crippen LogP contribution < -0.4 is 21.9 Å². The summed E-state index contributed by atoms with van der Waals surface area (Å²) < 4.78 is 15.6. The lowest BCUT2D eigenvalue weighted by atomic mass is 9.86. The molecule has 12 heteroatoms. The third-order valence-corrected chi connectivity index (χ3v) is 6.41. The highest BCUT2D eigenvalue weighted by molar-refractivity contribution is 6.29. The molecular weight excluding hydrogens is 576 g/mol. The number of amides is 3. The van der Waals surface area contributed by atoms with Crippen LogP contribution in [0.4, 0.5) is 4.79 Å². The smallest absolute Gasteiger partial charge is 0.421 e. The molecule has 0 aromatic heterocycles. The van der Waals surface area contributed by atoms with E-state index in [1.54, 1.807) is 37.3 Å². The second kappa shape index (κ2) is 18.7. The Balaban J connectivity index is 2.71. The van der Waals surface area contributed by atoms with Gasteiger partial charge in [-0.25, -0.2) is 15.4 Å². The van der Waals surface area contributed by atoms with Crippen LogP contribution in [0.1, 0.15) is 60.8 Å². The lowest BCUT2D eigenvalue weighted by molar-refractivity contribution is -0.151. The molecule has 0 bridgehead atoms. The molecule has 0 saturated heterocycles. The first kappa shape index (κ1) is 37.2. The zero-order valence-electron chi connectivity index (χ0n) is 25.9. The van der Waals surface area contributed by atoms with Crippen LogP contribution in [0.3, 0.4) is 0 Å². The van der Waals surface area contributed by atoms with Crippen molar-refractivity contribution >= 4 is 35.5 Å². The van der Waals surface area contributed by atoms with E-state index >= 15 is 0 Å². The van der Waals surface area contributed by atoms with E-state index in [-0.39, 0.29) is 17.8 Å². The number of carbonyl (C=O) groups is 4. The van der Waals surface area contributed by atoms with Crippen molar-refractivity contribution in [1.29, 1.82) is 0 Å². The van der Waals surface area contributed by atoms with Gasteiger partial charge in [0, 0.05) is 36.3 Å². The molecule has 1 rings (SSSR count). The van der Waals surface area contributed by atoms with E-state index in [1.807, 2.05) is 52.2 Å². The molecule has 0 aromatic rings. The first-order valence-electron chi connectivity index (χ1n) is 13.9. The Bertz CT molecular complexity index is 1160. The maximum Gasteiger partial charge on any atom is 0.421 e. The van der Waals surface area contributed by atoms with Gasteiger partial charge in [-0.3, -0.25) is 15.0 Å². The van der Waals surface area contributed by atoms with Crippen molar-refractivity contribution in [3.63, 3.8) is 0 Å². The van der Waals surface area contributed by atoms with E-state index in [1.165, 1.54) is 19.4 Å². The monoisotopic (exact) mass is 620 g/mol. The summed E-state index contributed by atoms with van der Waals surface area (Å²) in [5.41, 5.74) is 2.26. The molecule has 0 spiro atoms. The summed E-state index contributed by atoms with van der Waals surface area (Å²) in [6, 6.07) is -0.830. The number of rotatable bonds is 14. The summed E-state index contributed by atoms with van der Waals surface area (Å²) in [5.74, 6) is 3.97. The van der Waals surface area contributed by atoms with Crippen LogP contribution in [0, 0.1) is 11.3 Å². The van der Waals surface area contributed by atoms with Gasteiger partial charge in [-0.05, 0) is 31.5 Å². The van der Waals surface area contributed by atoms with E-state index in [2.05, 4.69) is 10.6 Å². The van der Waals surface area contributed by atoms with Crippen molar-refractivity contribution in [1.82, 2.24) is 16.1 Å². The highest BCUT2D eigenvalue weighted by atomic mass is 35.5. The molecule has 43 heavy (non-hydrogen) atoms. The molecule has 4 unspecified atom stereocenters. The zero-order valence-corrected chi connectivity index (χ0v) is 26.7. The molecule has 1 heterocycles. The minimum atomic E-state index is -0.830. The van der Waals surface area contributed by atoms with E-state index in [9.17, 15) is 19.2 Å². The molecule has 4 atom stereocenters. The number of ether oxygens (including phenoxy) is 3. The lowest BCUT2D eigenvalue weighted by Gasteiger charge is -2.29. The van der Waals surface area contributed by atoms with Gasteiger partial charge >= 0.3 is 12.1 Å². The Kier molecular flexibility index (Phi) is 16.1. The Morgan fingerprint density at radius 2 is 1.86 bits per heavy atom. The van der Waals surface area contributed by atoms with Crippen LogP contribution in [0.5, 0.6) is 0 Å². The van der Waals surface area contributed by atoms with Crippen molar-refractivity contribution in [2.75, 3.05) is 7.11 Å². The van der Waals surface area contributed by atoms with Gasteiger partial charge in [0.25, 0.3) is 0 Å². The first-order valence-corrected chi connectivity index (χ1v) is 14.3. The van der Waals surface area contributed by atoms with Crippen LogP contribution in [-0.4, -0.2) is 49.2 Å². The number of halogens is 1. The van der Waals surface area contributed by atoms with Crippen LogP contribution in [0.2, 0.25) is 0 Å². The van der Waals surface area contributed by atoms with Gasteiger partial charge in [0.1, 0.15) is 18.2 Å². The predicted octanol–water partition coefficient (Wildman–Crippen LogP) is 4.58. The highest BCUT2D eigenvalue weighted by Gasteiger charge is 2.32. The van der Waals surface area contributed by atoms with Gasteiger partial charge in [0.15, 0.2) is 5.76 Å². The van der Waals surface area contributed by atoms with Crippen molar-refractivity contribution in [2.45, 2.75) is 79.1 Å². The van der Waals surface area contributed by atoms with E-state index in [0.29, 0.717) is 24.3 Å². The van der Waals surface area contributed by atoms with Crippen molar-refractivity contribution in [3.8, 4) is 0 Å². The fourth-order valence-corrected chi connectivity index (χ4v) is 4.04. The second-order valence-corrected chi connectivity index (χ2v) is 11.7. The summed E-state index contributed by atoms with van der Waals surface area (Å²) in [5, 5.41) is 5.98. The number of nitrogens with two attached hydrogens (primary N) is 1. The van der Waals surface area contributed by atoms with Crippen LogP contribution in [0.15, 0.2) is 71.2 Å². The first-order chi connectivity index (χ1) is 20.2. The summed E-state index contributed by atoms with van der Waals surface area (Å²) >= 11 is 5.87. The minimum absolute atomic E-state index is 0.0221. The topological polar surface area (TPSA) is 158 Å². The number of hydrazine groups is 1. The zero-order chi connectivity index (χ0) is 32.6. The molecule has 0 aliphatic carbocycles. The van der Waals surface area contributed by atoms with E-state index in [0.717, 1.165) is 5.57 Å². The van der Waals surface area contributed by atoms with Gasteiger partial charge in [-0.2, -0.15) is 0 Å². The number of hydrogen-bond donors (Lipinski definition) is 4. The van der Waals surface area contributed by atoms with Crippen molar-refractivity contribution in [3.05, 3.63) is 71.2 Å². The Hall–Kier alpha value is -3.83. The molecule has 3 amide bonds. The number of allylic oxidation sites excluding steroid dienone is 5. The highest BCUT2D eigenvalue weighted by Crippen LogP contribution is 2.23. The lowest BCUT2D eigenvalue weighted by Crippen LogP contribution is -2.52. The maximum absolute atomic E-state index is 12.9. The molecule has 11 nitrogen and oxygen atoms in total. The van der Waals surface area contributed by atoms with Gasteiger partial charge in [-0.15, -0.1) is 0 Å². The third kappa shape index (κ3) is 14.8. The number of methoxy groups -OCH3 is 1. The fraction of sp³-hybridized carbons (Fsp3) is 0.484. The Labute approximate surface area is 259 Å². The molecule has 0 aromatic carbocycles. The van der Waals surface area contributed by atoms with Crippen LogP contribution >= 0.6 is 11.6 Å². The van der Waals surface area contributed by atoms with Gasteiger partial charge in [-0.1, -0.05) is 81.3 Å². The molecule has 0 radical (unpaired) electrons. The Morgan fingerprint density at radius 3 is 2.44 bits per heavy atom. The summed E-state index contributed by atoms with van der Waals surface area (Å²) in [4.78, 5) is 48.9. The number of esters is 1.